The summed E-state index contributed by atoms with van der Waals surface area (Å²) in [7, 11) is 0. The highest BCUT2D eigenvalue weighted by atomic mass is 14.0. The largest absolute Gasteiger partial charge is 0.0622 e. The SMILES string of the molecule is [CH2]C(C)Cc1ccc2ccccc2c1. The van der Waals surface area contributed by atoms with E-state index in [1.807, 2.05) is 0 Å². The van der Waals surface area contributed by atoms with E-state index < -0.39 is 0 Å². The Balaban J connectivity index is 2.41. The third-order valence-corrected chi connectivity index (χ3v) is 2.40. The van der Waals surface area contributed by atoms with E-state index in [9.17, 15) is 0 Å². The van der Waals surface area contributed by atoms with E-state index in [-0.39, 0.29) is 0 Å². The molecule has 1 radical (unpaired) electrons. The molecule has 0 aliphatic heterocycles. The van der Waals surface area contributed by atoms with Gasteiger partial charge in [0.2, 0.25) is 0 Å². The molecule has 0 spiro atoms. The minimum atomic E-state index is 0.483. The molecule has 0 heterocycles. The van der Waals surface area contributed by atoms with Crippen molar-refractivity contribution < 1.29 is 0 Å². The first-order valence-electron chi connectivity index (χ1n) is 5.06. The van der Waals surface area contributed by atoms with E-state index in [0.29, 0.717) is 5.92 Å². The summed E-state index contributed by atoms with van der Waals surface area (Å²) in [4.78, 5) is 0. The van der Waals surface area contributed by atoms with Gasteiger partial charge in [0.15, 0.2) is 0 Å². The molecule has 2 aromatic carbocycles. The second-order valence-corrected chi connectivity index (χ2v) is 3.99. The zero-order valence-electron chi connectivity index (χ0n) is 8.53. The maximum absolute atomic E-state index is 4.01. The molecule has 0 aliphatic rings. The van der Waals surface area contributed by atoms with Gasteiger partial charge in [-0.25, -0.2) is 0 Å². The topological polar surface area (TPSA) is 0 Å². The van der Waals surface area contributed by atoms with Gasteiger partial charge in [0.05, 0.1) is 0 Å². The van der Waals surface area contributed by atoms with Crippen LogP contribution in [-0.4, -0.2) is 0 Å². The van der Waals surface area contributed by atoms with Crippen molar-refractivity contribution >= 4 is 10.8 Å². The second-order valence-electron chi connectivity index (χ2n) is 3.99. The third kappa shape index (κ3) is 1.95. The first-order chi connectivity index (χ1) is 6.75. The van der Waals surface area contributed by atoms with E-state index in [4.69, 9.17) is 0 Å². The summed E-state index contributed by atoms with van der Waals surface area (Å²) in [6.07, 6.45) is 1.06. The predicted molar refractivity (Wildman–Crippen MR) is 62.2 cm³/mol. The molecule has 0 N–H and O–H groups in total. The molecular weight excluding hydrogens is 168 g/mol. The molecule has 14 heavy (non-hydrogen) atoms. The van der Waals surface area contributed by atoms with Crippen LogP contribution in [0.3, 0.4) is 0 Å². The molecular formula is C14H15. The van der Waals surface area contributed by atoms with Crippen LogP contribution >= 0.6 is 0 Å². The Morgan fingerprint density at radius 1 is 1.07 bits per heavy atom. The molecule has 0 amide bonds. The monoisotopic (exact) mass is 183 g/mol. The average Bonchev–Trinajstić information content (AvgIpc) is 2.17. The van der Waals surface area contributed by atoms with Gasteiger partial charge < -0.3 is 0 Å². The van der Waals surface area contributed by atoms with Crippen molar-refractivity contribution in [3.8, 4) is 0 Å². The Morgan fingerprint density at radius 3 is 2.50 bits per heavy atom. The molecule has 2 rings (SSSR count). The molecule has 0 bridgehead atoms. The summed E-state index contributed by atoms with van der Waals surface area (Å²) in [6.45, 7) is 6.16. The fourth-order valence-corrected chi connectivity index (χ4v) is 1.77. The van der Waals surface area contributed by atoms with Crippen molar-refractivity contribution in [2.75, 3.05) is 0 Å². The van der Waals surface area contributed by atoms with Gasteiger partial charge in [0.25, 0.3) is 0 Å². The lowest BCUT2D eigenvalue weighted by Gasteiger charge is -2.05. The minimum absolute atomic E-state index is 0.483. The van der Waals surface area contributed by atoms with Crippen LogP contribution < -0.4 is 0 Å². The van der Waals surface area contributed by atoms with Gasteiger partial charge in [-0.15, -0.1) is 0 Å². The number of hydrogen-bond donors (Lipinski definition) is 0. The zero-order valence-corrected chi connectivity index (χ0v) is 8.53. The van der Waals surface area contributed by atoms with Gasteiger partial charge >= 0.3 is 0 Å². The normalized spacial score (nSPS) is 11.1. The fraction of sp³-hybridized carbons (Fsp3) is 0.214. The van der Waals surface area contributed by atoms with Crippen LogP contribution in [0.15, 0.2) is 42.5 Å². The van der Waals surface area contributed by atoms with Crippen LogP contribution in [0.4, 0.5) is 0 Å². The lowest BCUT2D eigenvalue weighted by molar-refractivity contribution is 0.720. The van der Waals surface area contributed by atoms with Crippen LogP contribution in [0.25, 0.3) is 10.8 Å². The van der Waals surface area contributed by atoms with Crippen molar-refractivity contribution in [2.45, 2.75) is 13.3 Å². The maximum Gasteiger partial charge on any atom is -0.0181 e. The fourth-order valence-electron chi connectivity index (χ4n) is 1.77. The van der Waals surface area contributed by atoms with Gasteiger partial charge in [-0.1, -0.05) is 56.3 Å². The minimum Gasteiger partial charge on any atom is -0.0622 e. The molecule has 0 fully saturated rings. The lowest BCUT2D eigenvalue weighted by Crippen LogP contribution is -1.93. The summed E-state index contributed by atoms with van der Waals surface area (Å²) in [5, 5.41) is 2.64. The van der Waals surface area contributed by atoms with Crippen LogP contribution in [0.2, 0.25) is 0 Å². The van der Waals surface area contributed by atoms with Crippen molar-refractivity contribution in [2.24, 2.45) is 5.92 Å². The van der Waals surface area contributed by atoms with Gasteiger partial charge in [0, 0.05) is 0 Å². The molecule has 0 nitrogen and oxygen atoms in total. The Morgan fingerprint density at radius 2 is 1.79 bits per heavy atom. The Labute approximate surface area is 85.6 Å². The zero-order chi connectivity index (χ0) is 9.97. The summed E-state index contributed by atoms with van der Waals surface area (Å²) in [5.74, 6) is 0.483. The first kappa shape index (κ1) is 9.26. The third-order valence-electron chi connectivity index (χ3n) is 2.40. The number of rotatable bonds is 2. The number of fused-ring (bicyclic) bond motifs is 1. The van der Waals surface area contributed by atoms with Gasteiger partial charge in [0.1, 0.15) is 0 Å². The highest BCUT2D eigenvalue weighted by Crippen LogP contribution is 2.17. The first-order valence-corrected chi connectivity index (χ1v) is 5.06. The predicted octanol–water partition coefficient (Wildman–Crippen LogP) is 3.85. The molecule has 0 aliphatic carbocycles. The van der Waals surface area contributed by atoms with Gasteiger partial charge in [-0.2, -0.15) is 0 Å². The van der Waals surface area contributed by atoms with Crippen LogP contribution in [0.1, 0.15) is 12.5 Å². The van der Waals surface area contributed by atoms with Gasteiger partial charge in [-0.3, -0.25) is 0 Å². The summed E-state index contributed by atoms with van der Waals surface area (Å²) in [5.41, 5.74) is 1.38. The molecule has 0 saturated carbocycles. The standard InChI is InChI=1S/C14H15/c1-11(2)9-12-7-8-13-5-3-4-6-14(13)10-12/h3-8,10-11H,1,9H2,2H3. The number of benzene rings is 2. The quantitative estimate of drug-likeness (QED) is 0.663. The van der Waals surface area contributed by atoms with Crippen molar-refractivity contribution in [3.63, 3.8) is 0 Å². The Bertz CT molecular complexity index is 427. The maximum atomic E-state index is 4.01. The summed E-state index contributed by atoms with van der Waals surface area (Å²) < 4.78 is 0. The van der Waals surface area contributed by atoms with E-state index >= 15 is 0 Å². The van der Waals surface area contributed by atoms with Crippen molar-refractivity contribution in [1.29, 1.82) is 0 Å². The molecule has 2 aromatic rings. The van der Waals surface area contributed by atoms with Gasteiger partial charge in [-0.05, 0) is 28.7 Å². The average molecular weight is 183 g/mol. The van der Waals surface area contributed by atoms with Crippen molar-refractivity contribution in [1.82, 2.24) is 0 Å². The second kappa shape index (κ2) is 3.83. The molecule has 0 heteroatoms. The molecule has 71 valence electrons. The number of hydrogen-bond acceptors (Lipinski definition) is 0. The molecule has 1 unspecified atom stereocenters. The van der Waals surface area contributed by atoms with E-state index in [0.717, 1.165) is 6.42 Å². The highest BCUT2D eigenvalue weighted by molar-refractivity contribution is 5.82. The lowest BCUT2D eigenvalue weighted by atomic mass is 10.00. The molecule has 1 atom stereocenters. The van der Waals surface area contributed by atoms with E-state index in [1.165, 1.54) is 16.3 Å². The Kier molecular flexibility index (Phi) is 2.53. The summed E-state index contributed by atoms with van der Waals surface area (Å²) in [6, 6.07) is 15.1. The van der Waals surface area contributed by atoms with Crippen molar-refractivity contribution in [3.05, 3.63) is 55.0 Å². The Hall–Kier alpha value is -1.30. The molecule has 0 saturated heterocycles. The summed E-state index contributed by atoms with van der Waals surface area (Å²) >= 11 is 0. The van der Waals surface area contributed by atoms with Crippen LogP contribution in [0.5, 0.6) is 0 Å². The van der Waals surface area contributed by atoms with E-state index in [2.05, 4.69) is 56.3 Å². The van der Waals surface area contributed by atoms with Crippen LogP contribution in [-0.2, 0) is 6.42 Å². The van der Waals surface area contributed by atoms with Crippen LogP contribution in [0, 0.1) is 12.8 Å². The highest BCUT2D eigenvalue weighted by Gasteiger charge is 1.98. The van der Waals surface area contributed by atoms with E-state index in [1.54, 1.807) is 0 Å². The molecule has 0 aromatic heterocycles. The smallest absolute Gasteiger partial charge is 0.0181 e.